The molecule has 144 valence electrons. The molecule has 3 fully saturated rings. The van der Waals surface area contributed by atoms with Gasteiger partial charge in [0, 0.05) is 56.7 Å². The number of fused-ring (bicyclic) bond motifs is 1. The van der Waals surface area contributed by atoms with E-state index in [1.54, 1.807) is 4.90 Å². The van der Waals surface area contributed by atoms with Gasteiger partial charge in [-0.15, -0.1) is 0 Å². The normalized spacial score (nSPS) is 41.7. The third-order valence-electron chi connectivity index (χ3n) is 6.28. The molecule has 4 aliphatic rings. The number of amides is 2. The fraction of sp³-hybridized carbons (Fsp3) is 0.778. The highest BCUT2D eigenvalue weighted by atomic mass is 19.1. The van der Waals surface area contributed by atoms with Gasteiger partial charge in [0.15, 0.2) is 0 Å². The van der Waals surface area contributed by atoms with Crippen LogP contribution >= 0.6 is 0 Å². The highest BCUT2D eigenvalue weighted by Gasteiger charge is 2.52. The Morgan fingerprint density at radius 2 is 1.92 bits per heavy atom. The van der Waals surface area contributed by atoms with Gasteiger partial charge in [0.1, 0.15) is 12.3 Å². The lowest BCUT2D eigenvalue weighted by atomic mass is 9.83. The molecule has 0 aromatic carbocycles. The highest BCUT2D eigenvalue weighted by Crippen LogP contribution is 2.40. The van der Waals surface area contributed by atoms with Crippen molar-refractivity contribution in [2.24, 2.45) is 5.92 Å². The van der Waals surface area contributed by atoms with Crippen molar-refractivity contribution in [2.75, 3.05) is 32.7 Å². The number of likely N-dealkylation sites (tertiary alicyclic amines) is 1. The maximum Gasteiger partial charge on any atom is 0.250 e. The van der Waals surface area contributed by atoms with Gasteiger partial charge < -0.3 is 15.5 Å². The molecule has 8 heteroatoms. The standard InChI is InChI=1S/C18H26F2N4O2/c1-10-14(2-3-15(25)22-10)24-9-12-11(18(24)26)8-13(19)17(16(12)20)23-6-4-21-5-7-23/h8,10,12-14,16-17,21H,2-7,9H2,1H3,(H,22,25). The third-order valence-corrected chi connectivity index (χ3v) is 6.28. The molecule has 0 bridgehead atoms. The molecular formula is C18H26F2N4O2. The van der Waals surface area contributed by atoms with E-state index in [-0.39, 0.29) is 36.0 Å². The molecule has 26 heavy (non-hydrogen) atoms. The lowest BCUT2D eigenvalue weighted by molar-refractivity contribution is -0.132. The summed E-state index contributed by atoms with van der Waals surface area (Å²) in [7, 11) is 0. The number of hydrogen-bond donors (Lipinski definition) is 2. The molecule has 0 radical (unpaired) electrons. The Balaban J connectivity index is 1.54. The van der Waals surface area contributed by atoms with Crippen molar-refractivity contribution in [2.45, 2.75) is 50.2 Å². The molecule has 0 aromatic rings. The Bertz CT molecular complexity index is 622. The Morgan fingerprint density at radius 1 is 1.19 bits per heavy atom. The number of halogens is 2. The van der Waals surface area contributed by atoms with Crippen LogP contribution in [0.3, 0.4) is 0 Å². The van der Waals surface area contributed by atoms with Crippen molar-refractivity contribution in [1.82, 2.24) is 20.4 Å². The zero-order valence-electron chi connectivity index (χ0n) is 15.0. The third kappa shape index (κ3) is 2.93. The fourth-order valence-electron chi connectivity index (χ4n) is 4.91. The van der Waals surface area contributed by atoms with Crippen LogP contribution in [0.1, 0.15) is 19.8 Å². The average Bonchev–Trinajstić information content (AvgIpc) is 2.93. The van der Waals surface area contributed by atoms with Crippen LogP contribution in [0, 0.1) is 5.92 Å². The lowest BCUT2D eigenvalue weighted by Gasteiger charge is -2.41. The summed E-state index contributed by atoms with van der Waals surface area (Å²) >= 11 is 0. The van der Waals surface area contributed by atoms with Crippen LogP contribution in [0.4, 0.5) is 8.78 Å². The van der Waals surface area contributed by atoms with Crippen LogP contribution in [0.15, 0.2) is 11.6 Å². The summed E-state index contributed by atoms with van der Waals surface area (Å²) < 4.78 is 30.1. The van der Waals surface area contributed by atoms with Gasteiger partial charge in [-0.05, 0) is 19.4 Å². The summed E-state index contributed by atoms with van der Waals surface area (Å²) in [4.78, 5) is 27.9. The number of carbonyl (C=O) groups is 2. The molecular weight excluding hydrogens is 342 g/mol. The van der Waals surface area contributed by atoms with Crippen LogP contribution in [-0.2, 0) is 9.59 Å². The van der Waals surface area contributed by atoms with Gasteiger partial charge in [-0.3, -0.25) is 14.5 Å². The number of nitrogens with one attached hydrogen (secondary N) is 2. The van der Waals surface area contributed by atoms with Crippen LogP contribution in [-0.4, -0.2) is 84.8 Å². The highest BCUT2D eigenvalue weighted by molar-refractivity contribution is 5.97. The van der Waals surface area contributed by atoms with E-state index in [0.717, 1.165) is 13.1 Å². The molecule has 4 rings (SSSR count). The Kier molecular flexibility index (Phi) is 4.73. The van der Waals surface area contributed by atoms with E-state index in [4.69, 9.17) is 0 Å². The molecule has 6 unspecified atom stereocenters. The summed E-state index contributed by atoms with van der Waals surface area (Å²) in [5.74, 6) is -0.880. The van der Waals surface area contributed by atoms with E-state index in [0.29, 0.717) is 25.9 Å². The molecule has 0 spiro atoms. The van der Waals surface area contributed by atoms with Gasteiger partial charge >= 0.3 is 0 Å². The summed E-state index contributed by atoms with van der Waals surface area (Å²) in [6.45, 7) is 4.81. The van der Waals surface area contributed by atoms with Crippen molar-refractivity contribution in [3.8, 4) is 0 Å². The second-order valence-electron chi connectivity index (χ2n) is 7.81. The van der Waals surface area contributed by atoms with Crippen molar-refractivity contribution < 1.29 is 18.4 Å². The van der Waals surface area contributed by atoms with Gasteiger partial charge in [-0.2, -0.15) is 0 Å². The molecule has 3 saturated heterocycles. The molecule has 3 heterocycles. The molecule has 6 atom stereocenters. The predicted octanol–water partition coefficient (Wildman–Crippen LogP) is 0.00190. The van der Waals surface area contributed by atoms with E-state index in [2.05, 4.69) is 10.6 Å². The average molecular weight is 368 g/mol. The second kappa shape index (κ2) is 6.88. The monoisotopic (exact) mass is 368 g/mol. The van der Waals surface area contributed by atoms with Gasteiger partial charge in [0.25, 0.3) is 0 Å². The minimum Gasteiger partial charge on any atom is -0.352 e. The number of hydrogen-bond acceptors (Lipinski definition) is 4. The molecule has 1 aliphatic carbocycles. The summed E-state index contributed by atoms with van der Waals surface area (Å²) in [5.41, 5.74) is 0.278. The van der Waals surface area contributed by atoms with Crippen molar-refractivity contribution in [3.05, 3.63) is 11.6 Å². The fourth-order valence-corrected chi connectivity index (χ4v) is 4.91. The smallest absolute Gasteiger partial charge is 0.250 e. The summed E-state index contributed by atoms with van der Waals surface area (Å²) in [5, 5.41) is 6.05. The van der Waals surface area contributed by atoms with Crippen LogP contribution in [0.2, 0.25) is 0 Å². The van der Waals surface area contributed by atoms with Crippen LogP contribution in [0.25, 0.3) is 0 Å². The van der Waals surface area contributed by atoms with Crippen LogP contribution in [0.5, 0.6) is 0 Å². The molecule has 0 aromatic heterocycles. The van der Waals surface area contributed by atoms with Crippen LogP contribution < -0.4 is 10.6 Å². The Labute approximate surface area is 152 Å². The number of rotatable bonds is 2. The molecule has 0 saturated carbocycles. The van der Waals surface area contributed by atoms with E-state index in [1.165, 1.54) is 6.08 Å². The van der Waals surface area contributed by atoms with E-state index in [9.17, 15) is 14.0 Å². The summed E-state index contributed by atoms with van der Waals surface area (Å²) in [6.07, 6.45) is -0.596. The largest absolute Gasteiger partial charge is 0.352 e. The van der Waals surface area contributed by atoms with E-state index in [1.807, 2.05) is 11.8 Å². The number of carbonyl (C=O) groups excluding carboxylic acids is 2. The van der Waals surface area contributed by atoms with Gasteiger partial charge in [-0.25, -0.2) is 8.78 Å². The SMILES string of the molecule is CC1NC(=O)CCC1N1CC2C(=CC(F)C(N3CCNCC3)C2F)C1=O. The maximum absolute atomic E-state index is 15.3. The van der Waals surface area contributed by atoms with Crippen molar-refractivity contribution in [3.63, 3.8) is 0 Å². The number of nitrogens with zero attached hydrogens (tertiary/aromatic N) is 2. The van der Waals surface area contributed by atoms with Crippen molar-refractivity contribution in [1.29, 1.82) is 0 Å². The number of alkyl halides is 2. The Hall–Kier alpha value is -1.54. The van der Waals surface area contributed by atoms with E-state index < -0.39 is 24.3 Å². The minimum atomic E-state index is -1.47. The first-order chi connectivity index (χ1) is 12.5. The zero-order valence-corrected chi connectivity index (χ0v) is 15.0. The maximum atomic E-state index is 15.3. The van der Waals surface area contributed by atoms with Gasteiger partial charge in [0.2, 0.25) is 11.8 Å². The zero-order chi connectivity index (χ0) is 18.4. The number of piperazine rings is 1. The molecule has 2 amide bonds. The lowest BCUT2D eigenvalue weighted by Crippen LogP contribution is -2.58. The quantitative estimate of drug-likeness (QED) is 0.720. The van der Waals surface area contributed by atoms with Gasteiger partial charge in [0.05, 0.1) is 12.1 Å². The summed E-state index contributed by atoms with van der Waals surface area (Å²) in [6, 6.07) is -1.15. The van der Waals surface area contributed by atoms with Crippen molar-refractivity contribution >= 4 is 11.8 Å². The van der Waals surface area contributed by atoms with E-state index >= 15 is 4.39 Å². The predicted molar refractivity (Wildman–Crippen MR) is 91.9 cm³/mol. The molecule has 3 aliphatic heterocycles. The number of piperidine rings is 1. The minimum absolute atomic E-state index is 0.0250. The second-order valence-corrected chi connectivity index (χ2v) is 7.81. The first-order valence-electron chi connectivity index (χ1n) is 9.52. The Morgan fingerprint density at radius 3 is 2.62 bits per heavy atom. The topological polar surface area (TPSA) is 64.7 Å². The first kappa shape index (κ1) is 17.9. The van der Waals surface area contributed by atoms with Gasteiger partial charge in [-0.1, -0.05) is 0 Å². The molecule has 6 nitrogen and oxygen atoms in total. The first-order valence-corrected chi connectivity index (χ1v) is 9.52. The molecule has 2 N–H and O–H groups in total.